The van der Waals surface area contributed by atoms with E-state index in [9.17, 15) is 34.4 Å². The van der Waals surface area contributed by atoms with Crippen LogP contribution in [0.25, 0.3) is 10.8 Å². The molecule has 0 atom stereocenters. The van der Waals surface area contributed by atoms with Crippen molar-refractivity contribution in [1.29, 1.82) is 0 Å². The Balaban J connectivity index is 1.72. The second-order valence-electron chi connectivity index (χ2n) is 7.85. The average Bonchev–Trinajstić information content (AvgIpc) is 2.86. The molecule has 4 aromatic rings. The number of hydrogen-bond acceptors (Lipinski definition) is 11. The van der Waals surface area contributed by atoms with Gasteiger partial charge in [0.2, 0.25) is 0 Å². The van der Waals surface area contributed by atoms with Crippen LogP contribution in [0.1, 0.15) is 0 Å². The number of azo groups is 2. The van der Waals surface area contributed by atoms with Gasteiger partial charge in [-0.1, -0.05) is 6.07 Å². The molecule has 0 bridgehead atoms. The van der Waals surface area contributed by atoms with Crippen LogP contribution in [0.3, 0.4) is 0 Å². The second-order valence-corrected chi connectivity index (χ2v) is 12.1. The first kappa shape index (κ1) is 27.9. The van der Waals surface area contributed by atoms with E-state index >= 15 is 0 Å². The number of nitrogen functional groups attached to an aromatic ring is 1. The third-order valence-corrected chi connectivity index (χ3v) is 7.80. The quantitative estimate of drug-likeness (QED) is 0.127. The molecule has 0 saturated carbocycles. The largest absolute Gasteiger partial charge is 0.398 e. The van der Waals surface area contributed by atoms with Gasteiger partial charge in [-0.2, -0.15) is 35.5 Å². The predicted octanol–water partition coefficient (Wildman–Crippen LogP) is 4.99. The van der Waals surface area contributed by atoms with Crippen molar-refractivity contribution in [3.63, 3.8) is 0 Å². The lowest BCUT2D eigenvalue weighted by molar-refractivity contribution is 0.481. The summed E-state index contributed by atoms with van der Waals surface area (Å²) in [7, 11) is -13.8. The minimum absolute atomic E-state index is 0.0174. The minimum atomic E-state index is -4.82. The van der Waals surface area contributed by atoms with E-state index in [2.05, 4.69) is 20.5 Å². The molecule has 5 N–H and O–H groups in total. The van der Waals surface area contributed by atoms with Crippen LogP contribution < -0.4 is 5.73 Å². The van der Waals surface area contributed by atoms with E-state index in [1.807, 2.05) is 0 Å². The Bertz CT molecular complexity index is 1990. The highest BCUT2D eigenvalue weighted by Gasteiger charge is 2.18. The van der Waals surface area contributed by atoms with Gasteiger partial charge >= 0.3 is 0 Å². The molecule has 0 aliphatic rings. The SMILES string of the molecule is Nc1ccc(N=Nc2ccc(N=Nc3ccc(S(=O)(=O)O)cc3)cc2S(=O)(=O)O)c2cc(S(=O)(=O)O)ccc12. The molecule has 17 heteroatoms. The van der Waals surface area contributed by atoms with Crippen molar-refractivity contribution in [1.82, 2.24) is 0 Å². The molecule has 4 rings (SSSR count). The van der Waals surface area contributed by atoms with Crippen molar-refractivity contribution in [3.8, 4) is 0 Å². The zero-order valence-corrected chi connectivity index (χ0v) is 21.8. The fraction of sp³-hybridized carbons (Fsp3) is 0. The standard InChI is InChI=1S/C22H17N5O9S3/c23-19-8-10-20(18-12-16(38(31,32)33)6-7-17(18)19)26-27-21-9-3-14(11-22(21)39(34,35)36)25-24-13-1-4-15(5-2-13)37(28,29)30/h1-12H,23H2,(H,28,29,30)(H,31,32,33)(H,34,35,36). The molecule has 202 valence electrons. The maximum atomic E-state index is 12.0. The van der Waals surface area contributed by atoms with Crippen molar-refractivity contribution in [2.24, 2.45) is 20.5 Å². The maximum absolute atomic E-state index is 12.0. The molecular weight excluding hydrogens is 574 g/mol. The Labute approximate surface area is 221 Å². The molecular formula is C22H17N5O9S3. The van der Waals surface area contributed by atoms with Gasteiger partial charge < -0.3 is 5.73 Å². The van der Waals surface area contributed by atoms with E-state index in [1.165, 1.54) is 42.5 Å². The summed E-state index contributed by atoms with van der Waals surface area (Å²) in [6, 6.07) is 14.7. The predicted molar refractivity (Wildman–Crippen MR) is 139 cm³/mol. The summed E-state index contributed by atoms with van der Waals surface area (Å²) in [4.78, 5) is -1.44. The van der Waals surface area contributed by atoms with E-state index in [4.69, 9.17) is 10.3 Å². The van der Waals surface area contributed by atoms with E-state index in [-0.39, 0.29) is 38.7 Å². The smallest absolute Gasteiger partial charge is 0.296 e. The van der Waals surface area contributed by atoms with Gasteiger partial charge in [0.15, 0.2) is 0 Å². The number of nitrogens with two attached hydrogens (primary N) is 1. The summed E-state index contributed by atoms with van der Waals surface area (Å²) in [5, 5.41) is 16.2. The molecule has 0 fully saturated rings. The van der Waals surface area contributed by atoms with Gasteiger partial charge in [-0.05, 0) is 66.7 Å². The topological polar surface area (TPSA) is 239 Å². The first-order chi connectivity index (χ1) is 18.1. The van der Waals surface area contributed by atoms with Crippen LogP contribution in [0.15, 0.2) is 108 Å². The summed E-state index contributed by atoms with van der Waals surface area (Å²) >= 11 is 0. The van der Waals surface area contributed by atoms with Gasteiger partial charge in [0.25, 0.3) is 30.4 Å². The molecule has 0 amide bonds. The molecule has 0 aromatic heterocycles. The molecule has 0 aliphatic heterocycles. The summed E-state index contributed by atoms with van der Waals surface area (Å²) in [6.45, 7) is 0. The number of rotatable bonds is 7. The molecule has 14 nitrogen and oxygen atoms in total. The van der Waals surface area contributed by atoms with Crippen molar-refractivity contribution in [2.75, 3.05) is 5.73 Å². The number of fused-ring (bicyclic) bond motifs is 1. The highest BCUT2D eigenvalue weighted by molar-refractivity contribution is 7.86. The number of nitrogens with zero attached hydrogens (tertiary/aromatic N) is 4. The second kappa shape index (κ2) is 10.2. The van der Waals surface area contributed by atoms with Crippen molar-refractivity contribution < 1.29 is 38.9 Å². The van der Waals surface area contributed by atoms with Crippen molar-refractivity contribution >= 4 is 69.6 Å². The van der Waals surface area contributed by atoms with Crippen LogP contribution in [0.2, 0.25) is 0 Å². The molecule has 4 aromatic carbocycles. The molecule has 0 spiro atoms. The first-order valence-corrected chi connectivity index (χ1v) is 14.8. The van der Waals surface area contributed by atoms with E-state index in [0.29, 0.717) is 5.39 Å². The zero-order chi connectivity index (χ0) is 28.6. The average molecular weight is 592 g/mol. The fourth-order valence-corrected chi connectivity index (χ4v) is 4.97. The minimum Gasteiger partial charge on any atom is -0.398 e. The Morgan fingerprint density at radius 2 is 1.05 bits per heavy atom. The summed E-state index contributed by atoms with van der Waals surface area (Å²) in [5.41, 5.74) is 6.18. The van der Waals surface area contributed by atoms with Gasteiger partial charge in [0.1, 0.15) is 10.6 Å². The van der Waals surface area contributed by atoms with E-state index in [1.54, 1.807) is 0 Å². The third kappa shape index (κ3) is 6.48. The third-order valence-electron chi connectivity index (χ3n) is 5.20. The highest BCUT2D eigenvalue weighted by atomic mass is 32.2. The summed E-state index contributed by atoms with van der Waals surface area (Å²) < 4.78 is 97.6. The highest BCUT2D eigenvalue weighted by Crippen LogP contribution is 2.35. The Kier molecular flexibility index (Phi) is 7.30. The monoisotopic (exact) mass is 591 g/mol. The van der Waals surface area contributed by atoms with Crippen LogP contribution in [0.5, 0.6) is 0 Å². The Morgan fingerprint density at radius 3 is 1.67 bits per heavy atom. The normalized spacial score (nSPS) is 13.0. The molecule has 0 unspecified atom stereocenters. The van der Waals surface area contributed by atoms with Crippen LogP contribution in [0, 0.1) is 0 Å². The summed E-state index contributed by atoms with van der Waals surface area (Å²) in [6.07, 6.45) is 0. The van der Waals surface area contributed by atoms with Crippen LogP contribution in [-0.2, 0) is 30.4 Å². The fourth-order valence-electron chi connectivity index (χ4n) is 3.35. The number of hydrogen-bond donors (Lipinski definition) is 4. The summed E-state index contributed by atoms with van der Waals surface area (Å²) in [5.74, 6) is 0. The first-order valence-electron chi connectivity index (χ1n) is 10.5. The lowest BCUT2D eigenvalue weighted by atomic mass is 10.1. The molecule has 0 radical (unpaired) electrons. The number of benzene rings is 4. The van der Waals surface area contributed by atoms with Crippen molar-refractivity contribution in [3.05, 3.63) is 72.8 Å². The number of anilines is 1. The van der Waals surface area contributed by atoms with Gasteiger partial charge in [0, 0.05) is 16.5 Å². The van der Waals surface area contributed by atoms with Gasteiger partial charge in [-0.3, -0.25) is 13.7 Å². The van der Waals surface area contributed by atoms with E-state index < -0.39 is 40.1 Å². The van der Waals surface area contributed by atoms with Crippen LogP contribution >= 0.6 is 0 Å². The van der Waals surface area contributed by atoms with E-state index in [0.717, 1.165) is 30.3 Å². The molecule has 0 heterocycles. The van der Waals surface area contributed by atoms with Gasteiger partial charge in [-0.25, -0.2) is 0 Å². The van der Waals surface area contributed by atoms with Crippen molar-refractivity contribution in [2.45, 2.75) is 14.7 Å². The molecule has 0 aliphatic carbocycles. The molecule has 39 heavy (non-hydrogen) atoms. The van der Waals surface area contributed by atoms with Crippen LogP contribution in [-0.4, -0.2) is 38.9 Å². The van der Waals surface area contributed by atoms with Crippen LogP contribution in [0.4, 0.5) is 28.4 Å². The lowest BCUT2D eigenvalue weighted by Crippen LogP contribution is -1.98. The molecule has 0 saturated heterocycles. The van der Waals surface area contributed by atoms with Gasteiger partial charge in [-0.15, -0.1) is 10.2 Å². The maximum Gasteiger partial charge on any atom is 0.296 e. The Morgan fingerprint density at radius 1 is 0.513 bits per heavy atom. The lowest BCUT2D eigenvalue weighted by Gasteiger charge is -2.07. The zero-order valence-electron chi connectivity index (χ0n) is 19.3. The van der Waals surface area contributed by atoms with Gasteiger partial charge in [0.05, 0.1) is 26.9 Å². The Hall–Kier alpha value is -4.13.